The highest BCUT2D eigenvalue weighted by Crippen LogP contribution is 2.41. The van der Waals surface area contributed by atoms with Gasteiger partial charge in [0.2, 0.25) is 0 Å². The van der Waals surface area contributed by atoms with Crippen LogP contribution in [0.4, 0.5) is 11.4 Å². The van der Waals surface area contributed by atoms with Crippen molar-refractivity contribution in [2.75, 3.05) is 50.5 Å². The Morgan fingerprint density at radius 2 is 1.83 bits per heavy atom. The van der Waals surface area contributed by atoms with E-state index < -0.39 is 0 Å². The number of anilines is 2. The number of rotatable bonds is 5. The summed E-state index contributed by atoms with van der Waals surface area (Å²) in [7, 11) is 5.59. The smallest absolute Gasteiger partial charge is 0.271 e. The molecule has 2 heterocycles. The number of benzene rings is 1. The summed E-state index contributed by atoms with van der Waals surface area (Å²) in [5.41, 5.74) is 11.5. The van der Waals surface area contributed by atoms with E-state index in [1.807, 2.05) is 19.2 Å². The number of nitrogens with one attached hydrogen (secondary N) is 2. The number of aromatic nitrogens is 2. The van der Waals surface area contributed by atoms with Crippen molar-refractivity contribution in [3.05, 3.63) is 65.4 Å². The fourth-order valence-corrected chi connectivity index (χ4v) is 4.93. The number of carbonyl (C=O) groups is 1. The minimum absolute atomic E-state index is 0.216. The van der Waals surface area contributed by atoms with Crippen LogP contribution >= 0.6 is 0 Å². The number of aliphatic imine (C=N–C) groups is 1. The fourth-order valence-electron chi connectivity index (χ4n) is 4.93. The molecule has 1 amide bonds. The van der Waals surface area contributed by atoms with E-state index in [9.17, 15) is 4.79 Å². The summed E-state index contributed by atoms with van der Waals surface area (Å²) >= 11 is 0. The van der Waals surface area contributed by atoms with Gasteiger partial charge in [0, 0.05) is 57.2 Å². The minimum atomic E-state index is -0.330. The molecule has 0 atom stereocenters. The van der Waals surface area contributed by atoms with Crippen LogP contribution in [0.15, 0.2) is 53.4 Å². The highest BCUT2D eigenvalue weighted by Gasteiger charge is 2.40. The van der Waals surface area contributed by atoms with Crippen LogP contribution in [-0.2, 0) is 12.5 Å². The molecule has 35 heavy (non-hydrogen) atoms. The average molecular weight is 477 g/mol. The number of carbonyl (C=O) groups excluding carboxylic acids is 1. The van der Waals surface area contributed by atoms with Crippen LogP contribution in [0.3, 0.4) is 0 Å². The Labute approximate surface area is 207 Å². The molecule has 1 saturated heterocycles. The summed E-state index contributed by atoms with van der Waals surface area (Å²) in [6, 6.07) is 8.33. The molecule has 0 bridgehead atoms. The molecule has 1 fully saturated rings. The molecule has 0 unspecified atom stereocenters. The van der Waals surface area contributed by atoms with Gasteiger partial charge in [-0.1, -0.05) is 20.4 Å². The predicted molar refractivity (Wildman–Crippen MR) is 142 cm³/mol. The van der Waals surface area contributed by atoms with Gasteiger partial charge < -0.3 is 26.2 Å². The lowest BCUT2D eigenvalue weighted by Crippen LogP contribution is -2.44. The number of allylic oxidation sites excluding steroid dienone is 1. The molecule has 4 rings (SSSR count). The molecular formula is C26H36N8O. The van der Waals surface area contributed by atoms with Gasteiger partial charge in [0.15, 0.2) is 5.69 Å². The van der Waals surface area contributed by atoms with Crippen molar-refractivity contribution >= 4 is 23.0 Å². The zero-order valence-electron chi connectivity index (χ0n) is 21.4. The Morgan fingerprint density at radius 1 is 1.17 bits per heavy atom. The predicted octanol–water partition coefficient (Wildman–Crippen LogP) is 2.43. The van der Waals surface area contributed by atoms with Crippen molar-refractivity contribution in [2.45, 2.75) is 25.7 Å². The average Bonchev–Trinajstić information content (AvgIpc) is 3.19. The van der Waals surface area contributed by atoms with Gasteiger partial charge in [-0.3, -0.25) is 9.48 Å². The number of likely N-dealkylation sites (N-methyl/N-ethyl adjacent to an activating group) is 1. The normalized spacial score (nSPS) is 20.1. The standard InChI is InChI=1S/C26H36N8O/c1-17(29-19-7-9-20(10-8-19)34-13-11-32(5)12-14-34)30-22-18(16-27)15-26(2,3)21-23(25(35)28-4)31-33(6)24(21)22/h7-10,16,29H,1,11-15,27H2,2-6H3,(H,28,35)/b18-16-,30-22?. The van der Waals surface area contributed by atoms with Crippen molar-refractivity contribution in [3.8, 4) is 0 Å². The largest absolute Gasteiger partial charge is 0.404 e. The van der Waals surface area contributed by atoms with Crippen LogP contribution in [0, 0.1) is 0 Å². The number of amides is 1. The molecule has 2 aromatic rings. The highest BCUT2D eigenvalue weighted by atomic mass is 16.1. The van der Waals surface area contributed by atoms with E-state index in [-0.39, 0.29) is 11.3 Å². The number of nitrogens with zero attached hydrogens (tertiary/aromatic N) is 5. The maximum absolute atomic E-state index is 12.6. The number of nitrogens with two attached hydrogens (primary N) is 1. The minimum Gasteiger partial charge on any atom is -0.404 e. The molecule has 0 spiro atoms. The summed E-state index contributed by atoms with van der Waals surface area (Å²) < 4.78 is 1.71. The molecule has 9 heteroatoms. The Hall–Kier alpha value is -3.59. The lowest BCUT2D eigenvalue weighted by Gasteiger charge is -2.34. The van der Waals surface area contributed by atoms with Crippen LogP contribution in [0.5, 0.6) is 0 Å². The van der Waals surface area contributed by atoms with Gasteiger partial charge in [0.25, 0.3) is 5.91 Å². The summed E-state index contributed by atoms with van der Waals surface area (Å²) in [6.07, 6.45) is 2.23. The summed E-state index contributed by atoms with van der Waals surface area (Å²) in [5.74, 6) is 0.270. The van der Waals surface area contributed by atoms with Crippen molar-refractivity contribution in [1.82, 2.24) is 20.0 Å². The third kappa shape index (κ3) is 4.81. The molecule has 186 valence electrons. The highest BCUT2D eigenvalue weighted by molar-refractivity contribution is 6.16. The van der Waals surface area contributed by atoms with Gasteiger partial charge in [0.1, 0.15) is 5.82 Å². The van der Waals surface area contributed by atoms with Crippen LogP contribution in [0.1, 0.15) is 42.0 Å². The molecule has 4 N–H and O–H groups in total. The number of hydrogen-bond donors (Lipinski definition) is 3. The van der Waals surface area contributed by atoms with E-state index in [0.717, 1.165) is 48.7 Å². The van der Waals surface area contributed by atoms with Crippen molar-refractivity contribution in [2.24, 2.45) is 17.8 Å². The number of aryl methyl sites for hydroxylation is 1. The molecule has 0 saturated carbocycles. The van der Waals surface area contributed by atoms with E-state index in [1.165, 1.54) is 5.69 Å². The molecule has 9 nitrogen and oxygen atoms in total. The lowest BCUT2D eigenvalue weighted by atomic mass is 9.71. The van der Waals surface area contributed by atoms with Crippen LogP contribution in [0.25, 0.3) is 0 Å². The molecule has 1 aliphatic carbocycles. The monoisotopic (exact) mass is 476 g/mol. The first-order valence-corrected chi connectivity index (χ1v) is 11.9. The number of hydrogen-bond acceptors (Lipinski definition) is 7. The first kappa shape index (κ1) is 24.5. The van der Waals surface area contributed by atoms with Gasteiger partial charge in [-0.05, 0) is 54.9 Å². The summed E-state index contributed by atoms with van der Waals surface area (Å²) in [4.78, 5) is 22.1. The Bertz CT molecular complexity index is 1180. The Kier molecular flexibility index (Phi) is 6.71. The van der Waals surface area contributed by atoms with Crippen molar-refractivity contribution in [3.63, 3.8) is 0 Å². The summed E-state index contributed by atoms with van der Waals surface area (Å²) in [5, 5.41) is 10.5. The van der Waals surface area contributed by atoms with Crippen LogP contribution < -0.4 is 21.3 Å². The zero-order valence-corrected chi connectivity index (χ0v) is 21.4. The zero-order chi connectivity index (χ0) is 25.3. The topological polar surface area (TPSA) is 104 Å². The van der Waals surface area contributed by atoms with E-state index >= 15 is 0 Å². The second-order valence-electron chi connectivity index (χ2n) is 9.90. The van der Waals surface area contributed by atoms with Gasteiger partial charge in [-0.2, -0.15) is 5.10 Å². The summed E-state index contributed by atoms with van der Waals surface area (Å²) in [6.45, 7) is 12.5. The third-order valence-electron chi connectivity index (χ3n) is 6.80. The first-order chi connectivity index (χ1) is 16.6. The maximum Gasteiger partial charge on any atom is 0.271 e. The lowest BCUT2D eigenvalue weighted by molar-refractivity contribution is 0.0955. The quantitative estimate of drug-likeness (QED) is 0.612. The molecule has 1 aliphatic heterocycles. The van der Waals surface area contributed by atoms with Gasteiger partial charge >= 0.3 is 0 Å². The Balaban J connectivity index is 1.61. The van der Waals surface area contributed by atoms with E-state index in [4.69, 9.17) is 10.7 Å². The van der Waals surface area contributed by atoms with Crippen LogP contribution in [-0.4, -0.2) is 66.6 Å². The third-order valence-corrected chi connectivity index (χ3v) is 6.80. The molecule has 2 aliphatic rings. The van der Waals surface area contributed by atoms with Gasteiger partial charge in [-0.25, -0.2) is 4.99 Å². The Morgan fingerprint density at radius 3 is 2.43 bits per heavy atom. The molecular weight excluding hydrogens is 440 g/mol. The van der Waals surface area contributed by atoms with Crippen molar-refractivity contribution < 1.29 is 4.79 Å². The van der Waals surface area contributed by atoms with E-state index in [0.29, 0.717) is 23.6 Å². The fraction of sp³-hybridized carbons (Fsp3) is 0.423. The molecule has 0 radical (unpaired) electrons. The van der Waals surface area contributed by atoms with Crippen molar-refractivity contribution in [1.29, 1.82) is 0 Å². The van der Waals surface area contributed by atoms with E-state index in [1.54, 1.807) is 17.9 Å². The second-order valence-corrected chi connectivity index (χ2v) is 9.90. The molecule has 1 aromatic carbocycles. The second kappa shape index (κ2) is 9.58. The SMILES string of the molecule is C=C(N=C1/C(=C\N)CC(C)(C)c2c(C(=O)NC)nn(C)c21)Nc1ccc(N2CCN(C)CC2)cc1. The van der Waals surface area contributed by atoms with E-state index in [2.05, 4.69) is 65.1 Å². The van der Waals surface area contributed by atoms with Gasteiger partial charge in [0.05, 0.1) is 11.4 Å². The maximum atomic E-state index is 12.6. The first-order valence-electron chi connectivity index (χ1n) is 11.9. The molecule has 1 aromatic heterocycles. The number of piperazine rings is 1. The van der Waals surface area contributed by atoms with Crippen LogP contribution in [0.2, 0.25) is 0 Å². The van der Waals surface area contributed by atoms with Gasteiger partial charge in [-0.15, -0.1) is 0 Å². The number of fused-ring (bicyclic) bond motifs is 1.